The van der Waals surface area contributed by atoms with Crippen molar-refractivity contribution in [2.24, 2.45) is 5.92 Å². The van der Waals surface area contributed by atoms with E-state index >= 15 is 0 Å². The van der Waals surface area contributed by atoms with Gasteiger partial charge in [0.05, 0.1) is 19.1 Å². The van der Waals surface area contributed by atoms with E-state index in [1.54, 1.807) is 0 Å². The topological polar surface area (TPSA) is 64.6 Å². The zero-order valence-corrected chi connectivity index (χ0v) is 8.10. The highest BCUT2D eigenvalue weighted by Gasteiger charge is 2.33. The monoisotopic (exact) mass is 213 g/mol. The molecule has 1 aliphatic rings. The van der Waals surface area contributed by atoms with Crippen molar-refractivity contribution in [3.8, 4) is 0 Å². The fourth-order valence-electron chi connectivity index (χ4n) is 0.799. The number of rotatable bonds is 1. The summed E-state index contributed by atoms with van der Waals surface area (Å²) in [6.07, 6.45) is 0. The molecule has 1 N–H and O–H groups in total. The van der Waals surface area contributed by atoms with E-state index in [2.05, 4.69) is 14.4 Å². The van der Waals surface area contributed by atoms with Crippen LogP contribution in [0.4, 0.5) is 0 Å². The van der Waals surface area contributed by atoms with Gasteiger partial charge >= 0.3 is 6.95 Å². The molecule has 1 heterocycles. The molecule has 0 unspecified atom stereocenters. The van der Waals surface area contributed by atoms with Crippen molar-refractivity contribution in [1.29, 1.82) is 0 Å². The second-order valence-electron chi connectivity index (χ2n) is 2.33. The third-order valence-electron chi connectivity index (χ3n) is 1.48. The van der Waals surface area contributed by atoms with Crippen LogP contribution in [-0.2, 0) is 18.4 Å². The Morgan fingerprint density at radius 3 is 2.50 bits per heavy atom. The molecule has 0 bridgehead atoms. The van der Waals surface area contributed by atoms with Crippen LogP contribution in [0.1, 0.15) is 0 Å². The van der Waals surface area contributed by atoms with E-state index < -0.39 is 12.9 Å². The van der Waals surface area contributed by atoms with Crippen LogP contribution in [0.5, 0.6) is 0 Å². The summed E-state index contributed by atoms with van der Waals surface area (Å²) in [7, 11) is 1.51. The molecular weight excluding hydrogens is 204 g/mol. The van der Waals surface area contributed by atoms with Gasteiger partial charge in [0, 0.05) is 18.3 Å². The van der Waals surface area contributed by atoms with Gasteiger partial charge in [-0.2, -0.15) is 0 Å². The first kappa shape index (κ1) is 9.99. The molecule has 0 spiro atoms. The molecule has 1 aliphatic heterocycles. The molecule has 1 saturated heterocycles. The van der Waals surface area contributed by atoms with Gasteiger partial charge < -0.3 is 5.32 Å². The Bertz CT molecular complexity index is 221. The van der Waals surface area contributed by atoms with Gasteiger partial charge in [-0.25, -0.2) is 4.57 Å². The molecule has 7 heteroatoms. The van der Waals surface area contributed by atoms with E-state index in [1.165, 1.54) is 7.05 Å². The van der Waals surface area contributed by atoms with E-state index in [1.807, 2.05) is 0 Å². The molecule has 0 saturated carbocycles. The Hall–Kier alpha value is -0.0900. The number of carbonyl (C=O) groups excluding carboxylic acids is 1. The maximum Gasteiger partial charge on any atom is 0.424 e. The number of carbonyl (C=O) groups is 1. The van der Waals surface area contributed by atoms with Crippen molar-refractivity contribution in [2.45, 2.75) is 0 Å². The number of nitrogens with one attached hydrogen (secondary N) is 1. The van der Waals surface area contributed by atoms with Crippen LogP contribution in [0.2, 0.25) is 0 Å². The predicted molar refractivity (Wildman–Crippen MR) is 42.9 cm³/mol. The fraction of sp³-hybridized carbons (Fsp3) is 0.800. The highest BCUT2D eigenvalue weighted by atomic mass is 35.7. The van der Waals surface area contributed by atoms with Crippen LogP contribution in [0.3, 0.4) is 0 Å². The van der Waals surface area contributed by atoms with E-state index in [0.29, 0.717) is 0 Å². The largest absolute Gasteiger partial charge is 0.424 e. The van der Waals surface area contributed by atoms with Crippen LogP contribution in [0.25, 0.3) is 0 Å². The zero-order valence-electron chi connectivity index (χ0n) is 6.45. The van der Waals surface area contributed by atoms with Gasteiger partial charge in [0.25, 0.3) is 0 Å². The smallest absolute Gasteiger partial charge is 0.359 e. The highest BCUT2D eigenvalue weighted by molar-refractivity contribution is 7.81. The third kappa shape index (κ3) is 2.45. The van der Waals surface area contributed by atoms with E-state index in [-0.39, 0.29) is 19.1 Å². The van der Waals surface area contributed by atoms with Gasteiger partial charge in [0.15, 0.2) is 0 Å². The fourth-order valence-corrected chi connectivity index (χ4v) is 1.93. The van der Waals surface area contributed by atoms with E-state index in [0.717, 1.165) is 0 Å². The first-order chi connectivity index (χ1) is 5.55. The molecule has 0 atom stereocenters. The van der Waals surface area contributed by atoms with Gasteiger partial charge in [0.2, 0.25) is 5.91 Å². The summed E-state index contributed by atoms with van der Waals surface area (Å²) in [4.78, 5) is 11.0. The molecule has 0 aliphatic carbocycles. The van der Waals surface area contributed by atoms with Crippen molar-refractivity contribution in [3.05, 3.63) is 0 Å². The summed E-state index contributed by atoms with van der Waals surface area (Å²) in [6.45, 7) is -3.30. The van der Waals surface area contributed by atoms with Crippen molar-refractivity contribution in [3.63, 3.8) is 0 Å². The lowest BCUT2D eigenvalue weighted by Gasteiger charge is -2.23. The minimum atomic E-state index is -3.38. The quantitative estimate of drug-likeness (QED) is 0.653. The van der Waals surface area contributed by atoms with Crippen LogP contribution >= 0.6 is 18.2 Å². The second-order valence-corrected chi connectivity index (χ2v) is 4.95. The summed E-state index contributed by atoms with van der Waals surface area (Å²) < 4.78 is 20.2. The van der Waals surface area contributed by atoms with Gasteiger partial charge in [0.1, 0.15) is 0 Å². The average molecular weight is 214 g/mol. The molecule has 0 aromatic rings. The maximum absolute atomic E-state index is 11.0. The zero-order chi connectivity index (χ0) is 9.19. The average Bonchev–Trinajstić information content (AvgIpc) is 2.03. The molecule has 0 radical (unpaired) electrons. The number of hydrogen-bond donors (Lipinski definition) is 1. The van der Waals surface area contributed by atoms with Crippen LogP contribution in [0, 0.1) is 5.92 Å². The summed E-state index contributed by atoms with van der Waals surface area (Å²) in [6, 6.07) is 0. The molecule has 1 amide bonds. The standard InChI is InChI=1S/C5H9ClNO4P/c1-7-5(8)4-2-10-12(6,9)11-3-4/h4H,2-3H2,1H3,(H,7,8). The molecule has 5 nitrogen and oxygen atoms in total. The SMILES string of the molecule is CNC(=O)C1COP(=O)(Cl)OC1. The minimum absolute atomic E-state index is 0.0421. The van der Waals surface area contributed by atoms with E-state index in [9.17, 15) is 9.36 Å². The molecule has 70 valence electrons. The maximum atomic E-state index is 11.0. The second kappa shape index (κ2) is 3.75. The van der Waals surface area contributed by atoms with Crippen molar-refractivity contribution in [2.75, 3.05) is 20.3 Å². The lowest BCUT2D eigenvalue weighted by atomic mass is 10.1. The lowest BCUT2D eigenvalue weighted by molar-refractivity contribution is -0.127. The third-order valence-corrected chi connectivity index (χ3v) is 2.98. The van der Waals surface area contributed by atoms with Crippen LogP contribution < -0.4 is 5.32 Å². The predicted octanol–water partition coefficient (Wildman–Crippen LogP) is 0.742. The molecule has 12 heavy (non-hydrogen) atoms. The van der Waals surface area contributed by atoms with Crippen molar-refractivity contribution in [1.82, 2.24) is 5.32 Å². The molecular formula is C5H9ClNO4P. The van der Waals surface area contributed by atoms with E-state index in [4.69, 9.17) is 11.2 Å². The van der Waals surface area contributed by atoms with Gasteiger partial charge in [-0.15, -0.1) is 0 Å². The number of hydrogen-bond acceptors (Lipinski definition) is 4. The Kier molecular flexibility index (Phi) is 3.12. The Morgan fingerprint density at radius 2 is 2.08 bits per heavy atom. The van der Waals surface area contributed by atoms with Crippen molar-refractivity contribution >= 4 is 24.1 Å². The van der Waals surface area contributed by atoms with Crippen molar-refractivity contribution < 1.29 is 18.4 Å². The van der Waals surface area contributed by atoms with Gasteiger partial charge in [-0.05, 0) is 0 Å². The minimum Gasteiger partial charge on any atom is -0.359 e. The summed E-state index contributed by atoms with van der Waals surface area (Å²) in [5.41, 5.74) is 0. The molecule has 1 fully saturated rings. The Balaban J connectivity index is 2.46. The molecule has 1 rings (SSSR count). The van der Waals surface area contributed by atoms with Crippen LogP contribution in [0.15, 0.2) is 0 Å². The summed E-state index contributed by atoms with van der Waals surface area (Å²) >= 11 is 5.26. The molecule has 0 aromatic heterocycles. The first-order valence-corrected chi connectivity index (χ1v) is 5.80. The molecule has 0 aromatic carbocycles. The Labute approximate surface area is 74.7 Å². The van der Waals surface area contributed by atoms with Crippen LogP contribution in [-0.4, -0.2) is 26.2 Å². The summed E-state index contributed by atoms with van der Waals surface area (Å²) in [5, 5.41) is 2.43. The Morgan fingerprint density at radius 1 is 1.58 bits per heavy atom. The first-order valence-electron chi connectivity index (χ1n) is 3.35. The van der Waals surface area contributed by atoms with Gasteiger partial charge in [-0.3, -0.25) is 13.8 Å². The number of amides is 1. The summed E-state index contributed by atoms with van der Waals surface area (Å²) in [5.74, 6) is -0.623. The highest BCUT2D eigenvalue weighted by Crippen LogP contribution is 2.56. The number of halogens is 1. The normalized spacial score (nSPS) is 36.0. The lowest BCUT2D eigenvalue weighted by Crippen LogP contribution is -2.35. The van der Waals surface area contributed by atoms with Gasteiger partial charge in [-0.1, -0.05) is 0 Å².